The highest BCUT2D eigenvalue weighted by Crippen LogP contribution is 2.26. The third-order valence-electron chi connectivity index (χ3n) is 3.37. The topological polar surface area (TPSA) is 55.6 Å². The summed E-state index contributed by atoms with van der Waals surface area (Å²) >= 11 is 0. The lowest BCUT2D eigenvalue weighted by Crippen LogP contribution is -2.44. The minimum Gasteiger partial charge on any atom is -0.379 e. The second-order valence-electron chi connectivity index (χ2n) is 4.53. The predicted octanol–water partition coefficient (Wildman–Crippen LogP) is 1.73. The molecule has 2 unspecified atom stereocenters. The van der Waals surface area contributed by atoms with E-state index in [2.05, 4.69) is 4.90 Å². The van der Waals surface area contributed by atoms with E-state index < -0.39 is 6.04 Å². The quantitative estimate of drug-likeness (QED) is 0.603. The van der Waals surface area contributed by atoms with Gasteiger partial charge in [-0.1, -0.05) is 30.3 Å². The minimum absolute atomic E-state index is 0.176. The van der Waals surface area contributed by atoms with Crippen LogP contribution in [0.2, 0.25) is 0 Å². The van der Waals surface area contributed by atoms with E-state index in [0.717, 1.165) is 18.7 Å². The molecular formula is C13H18N2O3. The monoisotopic (exact) mass is 250 g/mol. The molecule has 1 aromatic rings. The first-order valence-corrected chi connectivity index (χ1v) is 6.20. The summed E-state index contributed by atoms with van der Waals surface area (Å²) in [4.78, 5) is 13.0. The van der Waals surface area contributed by atoms with E-state index in [4.69, 9.17) is 4.74 Å². The first-order valence-electron chi connectivity index (χ1n) is 6.20. The molecule has 5 nitrogen and oxygen atoms in total. The fourth-order valence-corrected chi connectivity index (χ4v) is 2.42. The molecule has 1 heterocycles. The Balaban J connectivity index is 2.25. The van der Waals surface area contributed by atoms with Crippen LogP contribution in [-0.4, -0.2) is 42.2 Å². The second-order valence-corrected chi connectivity index (χ2v) is 4.53. The van der Waals surface area contributed by atoms with Crippen molar-refractivity contribution in [3.63, 3.8) is 0 Å². The Kier molecular flexibility index (Phi) is 4.28. The van der Waals surface area contributed by atoms with Crippen molar-refractivity contribution >= 4 is 0 Å². The highest BCUT2D eigenvalue weighted by Gasteiger charge is 2.34. The van der Waals surface area contributed by atoms with Crippen LogP contribution in [0, 0.1) is 10.1 Å². The van der Waals surface area contributed by atoms with Gasteiger partial charge in [-0.05, 0) is 5.56 Å². The summed E-state index contributed by atoms with van der Waals surface area (Å²) in [6, 6.07) is 8.90. The van der Waals surface area contributed by atoms with Gasteiger partial charge < -0.3 is 4.74 Å². The Labute approximate surface area is 107 Å². The van der Waals surface area contributed by atoms with E-state index in [-0.39, 0.29) is 11.0 Å². The third-order valence-corrected chi connectivity index (χ3v) is 3.37. The van der Waals surface area contributed by atoms with Gasteiger partial charge in [-0.15, -0.1) is 0 Å². The summed E-state index contributed by atoms with van der Waals surface area (Å²) in [6.45, 7) is 4.46. The van der Waals surface area contributed by atoms with Gasteiger partial charge in [-0.3, -0.25) is 15.0 Å². The van der Waals surface area contributed by atoms with Crippen LogP contribution in [0.25, 0.3) is 0 Å². The summed E-state index contributed by atoms with van der Waals surface area (Å²) in [5.41, 5.74) is 1.00. The molecule has 0 aromatic heterocycles. The van der Waals surface area contributed by atoms with E-state index in [1.807, 2.05) is 30.3 Å². The van der Waals surface area contributed by atoms with Gasteiger partial charge in [0.25, 0.3) is 0 Å². The van der Waals surface area contributed by atoms with Crippen LogP contribution in [0.4, 0.5) is 0 Å². The first kappa shape index (κ1) is 13.0. The number of hydrogen-bond acceptors (Lipinski definition) is 4. The van der Waals surface area contributed by atoms with Crippen LogP contribution in [0.3, 0.4) is 0 Å². The maximum Gasteiger partial charge on any atom is 0.229 e. The van der Waals surface area contributed by atoms with E-state index in [1.54, 1.807) is 6.92 Å². The molecule has 18 heavy (non-hydrogen) atoms. The molecule has 1 fully saturated rings. The van der Waals surface area contributed by atoms with Crippen molar-refractivity contribution in [2.75, 3.05) is 26.3 Å². The smallest absolute Gasteiger partial charge is 0.229 e. The number of nitro groups is 1. The van der Waals surface area contributed by atoms with Crippen LogP contribution in [0.5, 0.6) is 0 Å². The summed E-state index contributed by atoms with van der Waals surface area (Å²) in [5.74, 6) is 0. The van der Waals surface area contributed by atoms with Gasteiger partial charge in [0.2, 0.25) is 6.04 Å². The average Bonchev–Trinajstić information content (AvgIpc) is 2.41. The van der Waals surface area contributed by atoms with Gasteiger partial charge in [-0.2, -0.15) is 0 Å². The lowest BCUT2D eigenvalue weighted by Gasteiger charge is -2.34. The molecule has 0 saturated carbocycles. The molecule has 1 saturated heterocycles. The standard InChI is InChI=1S/C13H18N2O3/c1-11(15(16)17)13(12-5-3-2-4-6-12)14-7-9-18-10-8-14/h2-6,11,13H,7-10H2,1H3. The van der Waals surface area contributed by atoms with E-state index >= 15 is 0 Å². The van der Waals surface area contributed by atoms with Gasteiger partial charge in [0.05, 0.1) is 13.2 Å². The van der Waals surface area contributed by atoms with Gasteiger partial charge in [0.15, 0.2) is 0 Å². The summed E-state index contributed by atoms with van der Waals surface area (Å²) in [5, 5.41) is 11.1. The van der Waals surface area contributed by atoms with Crippen molar-refractivity contribution in [2.45, 2.75) is 19.0 Å². The van der Waals surface area contributed by atoms with Crippen LogP contribution in [0.1, 0.15) is 18.5 Å². The van der Waals surface area contributed by atoms with Crippen molar-refractivity contribution < 1.29 is 9.66 Å². The van der Waals surface area contributed by atoms with Gasteiger partial charge in [0.1, 0.15) is 6.04 Å². The highest BCUT2D eigenvalue weighted by atomic mass is 16.6. The van der Waals surface area contributed by atoms with Crippen molar-refractivity contribution in [1.82, 2.24) is 4.90 Å². The molecule has 2 rings (SSSR count). The maximum atomic E-state index is 11.1. The van der Waals surface area contributed by atoms with Crippen LogP contribution < -0.4 is 0 Å². The maximum absolute atomic E-state index is 11.1. The van der Waals surface area contributed by atoms with Crippen molar-refractivity contribution in [3.8, 4) is 0 Å². The first-order chi connectivity index (χ1) is 8.70. The Morgan fingerprint density at radius 3 is 2.44 bits per heavy atom. The molecule has 1 aliphatic heterocycles. The van der Waals surface area contributed by atoms with E-state index in [1.165, 1.54) is 0 Å². The van der Waals surface area contributed by atoms with Gasteiger partial charge in [0, 0.05) is 24.9 Å². The van der Waals surface area contributed by atoms with Crippen molar-refractivity contribution in [2.24, 2.45) is 0 Å². The SMILES string of the molecule is CC(C(c1ccccc1)N1CCOCC1)[N+](=O)[O-]. The molecule has 1 aromatic carbocycles. The molecule has 0 amide bonds. The highest BCUT2D eigenvalue weighted by molar-refractivity contribution is 5.20. The predicted molar refractivity (Wildman–Crippen MR) is 68.0 cm³/mol. The van der Waals surface area contributed by atoms with Gasteiger partial charge >= 0.3 is 0 Å². The zero-order valence-corrected chi connectivity index (χ0v) is 10.5. The van der Waals surface area contributed by atoms with Crippen molar-refractivity contribution in [3.05, 3.63) is 46.0 Å². The summed E-state index contributed by atoms with van der Waals surface area (Å²) < 4.78 is 5.31. The van der Waals surface area contributed by atoms with Crippen LogP contribution >= 0.6 is 0 Å². The number of morpholine rings is 1. The average molecular weight is 250 g/mol. The number of benzene rings is 1. The normalized spacial score (nSPS) is 20.3. The largest absolute Gasteiger partial charge is 0.379 e. The van der Waals surface area contributed by atoms with Crippen molar-refractivity contribution in [1.29, 1.82) is 0 Å². The Morgan fingerprint density at radius 2 is 1.89 bits per heavy atom. The Bertz CT molecular complexity index is 390. The van der Waals surface area contributed by atoms with Crippen LogP contribution in [-0.2, 0) is 4.74 Å². The number of nitrogens with zero attached hydrogens (tertiary/aromatic N) is 2. The zero-order chi connectivity index (χ0) is 13.0. The second kappa shape index (κ2) is 5.93. The van der Waals surface area contributed by atoms with E-state index in [9.17, 15) is 10.1 Å². The van der Waals surface area contributed by atoms with Crippen LogP contribution in [0.15, 0.2) is 30.3 Å². The lowest BCUT2D eigenvalue weighted by molar-refractivity contribution is -0.527. The Morgan fingerprint density at radius 1 is 1.28 bits per heavy atom. The van der Waals surface area contributed by atoms with Gasteiger partial charge in [-0.25, -0.2) is 0 Å². The molecular weight excluding hydrogens is 232 g/mol. The molecule has 0 spiro atoms. The number of rotatable bonds is 4. The molecule has 5 heteroatoms. The Hall–Kier alpha value is -1.46. The minimum atomic E-state index is -0.620. The number of hydrogen-bond donors (Lipinski definition) is 0. The molecule has 1 aliphatic rings. The lowest BCUT2D eigenvalue weighted by atomic mass is 9.98. The molecule has 0 N–H and O–H groups in total. The fraction of sp³-hybridized carbons (Fsp3) is 0.538. The fourth-order valence-electron chi connectivity index (χ4n) is 2.42. The molecule has 0 radical (unpaired) electrons. The zero-order valence-electron chi connectivity index (χ0n) is 10.5. The third kappa shape index (κ3) is 2.86. The molecule has 0 aliphatic carbocycles. The molecule has 2 atom stereocenters. The molecule has 0 bridgehead atoms. The molecule has 98 valence electrons. The summed E-state index contributed by atoms with van der Waals surface area (Å²) in [6.07, 6.45) is 0. The number of ether oxygens (including phenoxy) is 1. The summed E-state index contributed by atoms with van der Waals surface area (Å²) in [7, 11) is 0. The van der Waals surface area contributed by atoms with E-state index in [0.29, 0.717) is 13.2 Å².